The van der Waals surface area contributed by atoms with Gasteiger partial charge < -0.3 is 10.5 Å². The van der Waals surface area contributed by atoms with Crippen LogP contribution in [0, 0.1) is 5.92 Å². The highest BCUT2D eigenvalue weighted by atomic mass is 79.9. The summed E-state index contributed by atoms with van der Waals surface area (Å²) in [5.74, 6) is 0.674. The summed E-state index contributed by atoms with van der Waals surface area (Å²) >= 11 is 3.50. The lowest BCUT2D eigenvalue weighted by Gasteiger charge is -2.32. The van der Waals surface area contributed by atoms with Gasteiger partial charge in [0, 0.05) is 30.4 Å². The summed E-state index contributed by atoms with van der Waals surface area (Å²) in [6, 6.07) is 6.15. The SMILES string of the molecule is COCC1CCCN(Cc2cc(N)cc(Br)c2)C1. The van der Waals surface area contributed by atoms with Gasteiger partial charge in [-0.1, -0.05) is 15.9 Å². The molecule has 0 aromatic heterocycles. The van der Waals surface area contributed by atoms with Crippen molar-refractivity contribution in [1.82, 2.24) is 4.90 Å². The number of rotatable bonds is 4. The number of likely N-dealkylation sites (tertiary alicyclic amines) is 1. The molecule has 3 nitrogen and oxygen atoms in total. The molecule has 1 atom stereocenters. The lowest BCUT2D eigenvalue weighted by molar-refractivity contribution is 0.0874. The molecule has 0 bridgehead atoms. The third-order valence-corrected chi connectivity index (χ3v) is 3.85. The van der Waals surface area contributed by atoms with Crippen LogP contribution in [0.1, 0.15) is 18.4 Å². The average Bonchev–Trinajstić information content (AvgIpc) is 2.28. The number of nitrogen functional groups attached to an aromatic ring is 1. The van der Waals surface area contributed by atoms with Gasteiger partial charge in [-0.05, 0) is 49.1 Å². The quantitative estimate of drug-likeness (QED) is 0.869. The zero-order chi connectivity index (χ0) is 13.0. The Hall–Kier alpha value is -0.580. The Labute approximate surface area is 117 Å². The largest absolute Gasteiger partial charge is 0.399 e. The second-order valence-electron chi connectivity index (χ2n) is 5.09. The molecule has 1 aliphatic heterocycles. The number of benzene rings is 1. The van der Waals surface area contributed by atoms with Crippen molar-refractivity contribution in [3.05, 3.63) is 28.2 Å². The van der Waals surface area contributed by atoms with Crippen LogP contribution in [0.4, 0.5) is 5.69 Å². The number of halogens is 1. The van der Waals surface area contributed by atoms with Crippen LogP contribution in [0.15, 0.2) is 22.7 Å². The van der Waals surface area contributed by atoms with E-state index >= 15 is 0 Å². The monoisotopic (exact) mass is 312 g/mol. The molecule has 1 aromatic rings. The number of methoxy groups -OCH3 is 1. The Bertz CT molecular complexity index is 375. The molecule has 1 heterocycles. The molecule has 1 aliphatic rings. The Morgan fingerprint density at radius 2 is 2.28 bits per heavy atom. The molecule has 1 unspecified atom stereocenters. The number of piperidine rings is 1. The fourth-order valence-electron chi connectivity index (χ4n) is 2.69. The number of nitrogens with two attached hydrogens (primary N) is 1. The van der Waals surface area contributed by atoms with Gasteiger partial charge in [0.15, 0.2) is 0 Å². The molecule has 100 valence electrons. The zero-order valence-corrected chi connectivity index (χ0v) is 12.4. The first-order valence-corrected chi connectivity index (χ1v) is 7.23. The molecule has 1 saturated heterocycles. The van der Waals surface area contributed by atoms with Crippen LogP contribution in [0.2, 0.25) is 0 Å². The number of ether oxygens (including phenoxy) is 1. The van der Waals surface area contributed by atoms with Crippen molar-refractivity contribution in [2.75, 3.05) is 32.5 Å². The molecule has 0 amide bonds. The molecule has 0 aliphatic carbocycles. The highest BCUT2D eigenvalue weighted by Gasteiger charge is 2.19. The van der Waals surface area contributed by atoms with E-state index in [4.69, 9.17) is 10.5 Å². The first kappa shape index (κ1) is 13.8. The topological polar surface area (TPSA) is 38.5 Å². The predicted octanol–water partition coefficient (Wildman–Crippen LogP) is 2.89. The molecule has 2 N–H and O–H groups in total. The Morgan fingerprint density at radius 1 is 1.44 bits per heavy atom. The van der Waals surface area contributed by atoms with Crippen LogP contribution in [0.3, 0.4) is 0 Å². The van der Waals surface area contributed by atoms with Crippen LogP contribution >= 0.6 is 15.9 Å². The molecule has 1 fully saturated rings. The second-order valence-corrected chi connectivity index (χ2v) is 6.01. The molecule has 2 rings (SSSR count). The van der Waals surface area contributed by atoms with Crippen LogP contribution in [0.5, 0.6) is 0 Å². The Kier molecular flexibility index (Phi) is 5.03. The maximum Gasteiger partial charge on any atom is 0.0502 e. The van der Waals surface area contributed by atoms with Gasteiger partial charge in [-0.25, -0.2) is 0 Å². The summed E-state index contributed by atoms with van der Waals surface area (Å²) in [5.41, 5.74) is 7.97. The first-order valence-electron chi connectivity index (χ1n) is 6.43. The van der Waals surface area contributed by atoms with Crippen LogP contribution < -0.4 is 5.73 Å². The minimum Gasteiger partial charge on any atom is -0.399 e. The smallest absolute Gasteiger partial charge is 0.0502 e. The first-order chi connectivity index (χ1) is 8.67. The maximum absolute atomic E-state index is 5.87. The molecule has 0 saturated carbocycles. The van der Waals surface area contributed by atoms with E-state index in [0.29, 0.717) is 5.92 Å². The van der Waals surface area contributed by atoms with Crippen molar-refractivity contribution in [1.29, 1.82) is 0 Å². The summed E-state index contributed by atoms with van der Waals surface area (Å²) in [5, 5.41) is 0. The summed E-state index contributed by atoms with van der Waals surface area (Å²) in [7, 11) is 1.79. The van der Waals surface area contributed by atoms with Gasteiger partial charge in [0.2, 0.25) is 0 Å². The van der Waals surface area contributed by atoms with Gasteiger partial charge in [-0.2, -0.15) is 0 Å². The van der Waals surface area contributed by atoms with E-state index < -0.39 is 0 Å². The number of hydrogen-bond donors (Lipinski definition) is 1. The summed E-state index contributed by atoms with van der Waals surface area (Å²) in [4.78, 5) is 2.49. The van der Waals surface area contributed by atoms with E-state index in [0.717, 1.165) is 29.9 Å². The van der Waals surface area contributed by atoms with Gasteiger partial charge in [0.1, 0.15) is 0 Å². The molecule has 4 heteroatoms. The van der Waals surface area contributed by atoms with Crippen molar-refractivity contribution < 1.29 is 4.74 Å². The Morgan fingerprint density at radius 3 is 3.00 bits per heavy atom. The van der Waals surface area contributed by atoms with Crippen molar-refractivity contribution >= 4 is 21.6 Å². The van der Waals surface area contributed by atoms with Crippen LogP contribution in [-0.4, -0.2) is 31.7 Å². The molecule has 0 spiro atoms. The number of nitrogens with zero attached hydrogens (tertiary/aromatic N) is 1. The Balaban J connectivity index is 1.95. The van der Waals surface area contributed by atoms with Crippen molar-refractivity contribution in [3.8, 4) is 0 Å². The average molecular weight is 313 g/mol. The molecule has 0 radical (unpaired) electrons. The van der Waals surface area contributed by atoms with E-state index in [-0.39, 0.29) is 0 Å². The van der Waals surface area contributed by atoms with E-state index in [1.54, 1.807) is 7.11 Å². The van der Waals surface area contributed by atoms with Crippen molar-refractivity contribution in [2.45, 2.75) is 19.4 Å². The van der Waals surface area contributed by atoms with Crippen LogP contribution in [0.25, 0.3) is 0 Å². The summed E-state index contributed by atoms with van der Waals surface area (Å²) < 4.78 is 6.32. The lowest BCUT2D eigenvalue weighted by Crippen LogP contribution is -2.36. The molecule has 1 aromatic carbocycles. The molecular weight excluding hydrogens is 292 g/mol. The van der Waals surface area contributed by atoms with Gasteiger partial charge in [-0.15, -0.1) is 0 Å². The van der Waals surface area contributed by atoms with E-state index in [9.17, 15) is 0 Å². The second kappa shape index (κ2) is 6.55. The highest BCUT2D eigenvalue weighted by Crippen LogP contribution is 2.22. The zero-order valence-electron chi connectivity index (χ0n) is 10.9. The van der Waals surface area contributed by atoms with Crippen molar-refractivity contribution in [3.63, 3.8) is 0 Å². The molecule has 18 heavy (non-hydrogen) atoms. The standard InChI is InChI=1S/C14H21BrN2O/c1-18-10-11-3-2-4-17(8-11)9-12-5-13(15)7-14(16)6-12/h5-7,11H,2-4,8-10,16H2,1H3. The summed E-state index contributed by atoms with van der Waals surface area (Å²) in [6.07, 6.45) is 2.54. The lowest BCUT2D eigenvalue weighted by atomic mass is 9.98. The van der Waals surface area contributed by atoms with Crippen LogP contribution in [-0.2, 0) is 11.3 Å². The van der Waals surface area contributed by atoms with E-state index in [1.807, 2.05) is 6.07 Å². The maximum atomic E-state index is 5.87. The minimum absolute atomic E-state index is 0.674. The normalized spacial score (nSPS) is 21.1. The van der Waals surface area contributed by atoms with Gasteiger partial charge in [0.05, 0.1) is 6.61 Å². The molecular formula is C14H21BrN2O. The number of hydrogen-bond acceptors (Lipinski definition) is 3. The minimum atomic E-state index is 0.674. The summed E-state index contributed by atoms with van der Waals surface area (Å²) in [6.45, 7) is 4.15. The highest BCUT2D eigenvalue weighted by molar-refractivity contribution is 9.10. The fourth-order valence-corrected chi connectivity index (χ4v) is 3.25. The third kappa shape index (κ3) is 3.97. The van der Waals surface area contributed by atoms with E-state index in [2.05, 4.69) is 33.0 Å². The third-order valence-electron chi connectivity index (χ3n) is 3.39. The predicted molar refractivity (Wildman–Crippen MR) is 78.4 cm³/mol. The van der Waals surface area contributed by atoms with Gasteiger partial charge in [-0.3, -0.25) is 4.90 Å². The van der Waals surface area contributed by atoms with E-state index in [1.165, 1.54) is 24.9 Å². The van der Waals surface area contributed by atoms with Gasteiger partial charge >= 0.3 is 0 Å². The van der Waals surface area contributed by atoms with Crippen molar-refractivity contribution in [2.24, 2.45) is 5.92 Å². The fraction of sp³-hybridized carbons (Fsp3) is 0.571. The van der Waals surface area contributed by atoms with Gasteiger partial charge in [0.25, 0.3) is 0 Å². The number of anilines is 1.